The number of nitrogens with one attached hydrogen (secondary N) is 2. The van der Waals surface area contributed by atoms with E-state index in [-0.39, 0.29) is 5.91 Å². The summed E-state index contributed by atoms with van der Waals surface area (Å²) in [5.41, 5.74) is 2.10. The van der Waals surface area contributed by atoms with E-state index < -0.39 is 0 Å². The molecule has 0 radical (unpaired) electrons. The zero-order chi connectivity index (χ0) is 11.8. The molecule has 86 valence electrons. The van der Waals surface area contributed by atoms with Crippen LogP contribution in [0.1, 0.15) is 11.3 Å². The number of aryl methyl sites for hydroxylation is 1. The molecule has 0 bridgehead atoms. The van der Waals surface area contributed by atoms with Gasteiger partial charge in [0, 0.05) is 19.3 Å². The number of pyridine rings is 1. The number of amides is 1. The van der Waals surface area contributed by atoms with Crippen LogP contribution in [0.4, 0.5) is 0 Å². The van der Waals surface area contributed by atoms with E-state index in [2.05, 4.69) is 22.2 Å². The quantitative estimate of drug-likeness (QED) is 0.695. The molecule has 2 N–H and O–H groups in total. The molecule has 0 aliphatic carbocycles. The van der Waals surface area contributed by atoms with Gasteiger partial charge in [0.1, 0.15) is 0 Å². The molecule has 1 rings (SSSR count). The topological polar surface area (TPSA) is 54.0 Å². The van der Waals surface area contributed by atoms with Crippen LogP contribution in [0, 0.1) is 6.92 Å². The summed E-state index contributed by atoms with van der Waals surface area (Å²) in [5.74, 6) is -0.0338. The van der Waals surface area contributed by atoms with E-state index >= 15 is 0 Å². The molecule has 0 atom stereocenters. The first-order chi connectivity index (χ1) is 7.74. The Kier molecular flexibility index (Phi) is 5.22. The maximum Gasteiger partial charge on any atom is 0.234 e. The second-order valence-electron chi connectivity index (χ2n) is 3.46. The van der Waals surface area contributed by atoms with Gasteiger partial charge in [-0.3, -0.25) is 9.78 Å². The summed E-state index contributed by atoms with van der Waals surface area (Å²) in [6, 6.07) is 3.90. The molecule has 1 heterocycles. The third kappa shape index (κ3) is 4.23. The van der Waals surface area contributed by atoms with Gasteiger partial charge in [0.25, 0.3) is 0 Å². The lowest BCUT2D eigenvalue weighted by atomic mass is 10.2. The van der Waals surface area contributed by atoms with Crippen molar-refractivity contribution in [2.24, 2.45) is 0 Å². The van der Waals surface area contributed by atoms with Gasteiger partial charge >= 0.3 is 0 Å². The molecule has 0 saturated heterocycles. The summed E-state index contributed by atoms with van der Waals surface area (Å²) >= 11 is 0. The summed E-state index contributed by atoms with van der Waals surface area (Å²) < 4.78 is 0. The van der Waals surface area contributed by atoms with E-state index in [1.165, 1.54) is 0 Å². The SMILES string of the molecule is C=CCNC(=O)CNCc1ncccc1C. The fourth-order valence-electron chi connectivity index (χ4n) is 1.25. The van der Waals surface area contributed by atoms with E-state index in [1.807, 2.05) is 19.1 Å². The Balaban J connectivity index is 2.28. The smallest absolute Gasteiger partial charge is 0.234 e. The maximum absolute atomic E-state index is 11.2. The van der Waals surface area contributed by atoms with Crippen molar-refractivity contribution in [2.75, 3.05) is 13.1 Å². The normalized spacial score (nSPS) is 9.81. The van der Waals surface area contributed by atoms with Crippen LogP contribution in [-0.4, -0.2) is 24.0 Å². The van der Waals surface area contributed by atoms with Crippen LogP contribution in [0.3, 0.4) is 0 Å². The monoisotopic (exact) mass is 219 g/mol. The second kappa shape index (κ2) is 6.74. The van der Waals surface area contributed by atoms with Gasteiger partial charge in [0.05, 0.1) is 12.2 Å². The number of carbonyl (C=O) groups excluding carboxylic acids is 1. The maximum atomic E-state index is 11.2. The molecule has 16 heavy (non-hydrogen) atoms. The summed E-state index contributed by atoms with van der Waals surface area (Å²) in [6.07, 6.45) is 3.41. The van der Waals surface area contributed by atoms with Gasteiger partial charge in [0.15, 0.2) is 0 Å². The summed E-state index contributed by atoms with van der Waals surface area (Å²) in [5, 5.41) is 5.74. The molecule has 0 aliphatic rings. The fourth-order valence-corrected chi connectivity index (χ4v) is 1.25. The number of hydrogen-bond donors (Lipinski definition) is 2. The molecule has 4 heteroatoms. The van der Waals surface area contributed by atoms with Crippen LogP contribution in [0.5, 0.6) is 0 Å². The Hall–Kier alpha value is -1.68. The Morgan fingerprint density at radius 2 is 2.44 bits per heavy atom. The van der Waals surface area contributed by atoms with E-state index in [9.17, 15) is 4.79 Å². The average molecular weight is 219 g/mol. The van der Waals surface area contributed by atoms with E-state index in [0.29, 0.717) is 19.6 Å². The number of nitrogens with zero attached hydrogens (tertiary/aromatic N) is 1. The van der Waals surface area contributed by atoms with Crippen molar-refractivity contribution >= 4 is 5.91 Å². The average Bonchev–Trinajstić information content (AvgIpc) is 2.29. The number of carbonyl (C=O) groups is 1. The Bertz CT molecular complexity index is 363. The highest BCUT2D eigenvalue weighted by molar-refractivity contribution is 5.78. The third-order valence-corrected chi connectivity index (χ3v) is 2.14. The van der Waals surface area contributed by atoms with Crippen molar-refractivity contribution < 1.29 is 4.79 Å². The van der Waals surface area contributed by atoms with E-state index in [4.69, 9.17) is 0 Å². The summed E-state index contributed by atoms with van der Waals surface area (Å²) in [4.78, 5) is 15.5. The van der Waals surface area contributed by atoms with Gasteiger partial charge in [-0.05, 0) is 18.6 Å². The van der Waals surface area contributed by atoms with Crippen LogP contribution in [0.2, 0.25) is 0 Å². The molecule has 0 saturated carbocycles. The van der Waals surface area contributed by atoms with Crippen LogP contribution in [0.15, 0.2) is 31.0 Å². The van der Waals surface area contributed by atoms with Crippen molar-refractivity contribution in [1.29, 1.82) is 0 Å². The summed E-state index contributed by atoms with van der Waals surface area (Å²) in [7, 11) is 0. The van der Waals surface area contributed by atoms with Gasteiger partial charge in [0.2, 0.25) is 5.91 Å². The Labute approximate surface area is 95.8 Å². The fraction of sp³-hybridized carbons (Fsp3) is 0.333. The zero-order valence-electron chi connectivity index (χ0n) is 9.49. The minimum Gasteiger partial charge on any atom is -0.352 e. The van der Waals surface area contributed by atoms with Crippen molar-refractivity contribution in [1.82, 2.24) is 15.6 Å². The lowest BCUT2D eigenvalue weighted by Gasteiger charge is -2.06. The number of rotatable bonds is 6. The molecular formula is C12H17N3O. The molecular weight excluding hydrogens is 202 g/mol. The standard InChI is InChI=1S/C12H17N3O/c1-3-6-15-12(16)9-13-8-11-10(2)5-4-7-14-11/h3-5,7,13H,1,6,8-9H2,2H3,(H,15,16). The number of hydrogen-bond acceptors (Lipinski definition) is 3. The van der Waals surface area contributed by atoms with E-state index in [1.54, 1.807) is 12.3 Å². The van der Waals surface area contributed by atoms with Gasteiger partial charge in [-0.25, -0.2) is 0 Å². The highest BCUT2D eigenvalue weighted by Crippen LogP contribution is 2.01. The molecule has 1 aromatic rings. The second-order valence-corrected chi connectivity index (χ2v) is 3.46. The van der Waals surface area contributed by atoms with Crippen LogP contribution in [-0.2, 0) is 11.3 Å². The molecule has 4 nitrogen and oxygen atoms in total. The molecule has 0 spiro atoms. The zero-order valence-corrected chi connectivity index (χ0v) is 9.49. The van der Waals surface area contributed by atoms with Gasteiger partial charge in [-0.15, -0.1) is 6.58 Å². The molecule has 0 fully saturated rings. The van der Waals surface area contributed by atoms with Crippen LogP contribution >= 0.6 is 0 Å². The van der Waals surface area contributed by atoms with Crippen molar-refractivity contribution in [3.63, 3.8) is 0 Å². The minimum absolute atomic E-state index is 0.0338. The van der Waals surface area contributed by atoms with Crippen LogP contribution in [0.25, 0.3) is 0 Å². The molecule has 0 unspecified atom stereocenters. The van der Waals surface area contributed by atoms with Gasteiger partial charge < -0.3 is 10.6 Å². The van der Waals surface area contributed by atoms with Gasteiger partial charge in [-0.1, -0.05) is 12.1 Å². The first kappa shape index (κ1) is 12.4. The van der Waals surface area contributed by atoms with Crippen molar-refractivity contribution in [3.05, 3.63) is 42.2 Å². The first-order valence-electron chi connectivity index (χ1n) is 5.23. The van der Waals surface area contributed by atoms with Crippen molar-refractivity contribution in [3.8, 4) is 0 Å². The minimum atomic E-state index is -0.0338. The Morgan fingerprint density at radius 3 is 3.12 bits per heavy atom. The molecule has 0 aromatic carbocycles. The largest absolute Gasteiger partial charge is 0.352 e. The van der Waals surface area contributed by atoms with Crippen molar-refractivity contribution in [2.45, 2.75) is 13.5 Å². The highest BCUT2D eigenvalue weighted by Gasteiger charge is 2.01. The van der Waals surface area contributed by atoms with Crippen LogP contribution < -0.4 is 10.6 Å². The molecule has 1 aromatic heterocycles. The highest BCUT2D eigenvalue weighted by atomic mass is 16.1. The molecule has 0 aliphatic heterocycles. The first-order valence-corrected chi connectivity index (χ1v) is 5.23. The molecule has 1 amide bonds. The predicted octanol–water partition coefficient (Wildman–Crippen LogP) is 0.782. The van der Waals surface area contributed by atoms with Gasteiger partial charge in [-0.2, -0.15) is 0 Å². The lowest BCUT2D eigenvalue weighted by molar-refractivity contribution is -0.120. The lowest BCUT2D eigenvalue weighted by Crippen LogP contribution is -2.33. The summed E-state index contributed by atoms with van der Waals surface area (Å²) in [6.45, 7) is 6.93. The third-order valence-electron chi connectivity index (χ3n) is 2.14. The predicted molar refractivity (Wildman–Crippen MR) is 63.9 cm³/mol. The van der Waals surface area contributed by atoms with E-state index in [0.717, 1.165) is 11.3 Å². The Morgan fingerprint density at radius 1 is 1.62 bits per heavy atom. The number of aromatic nitrogens is 1.